The van der Waals surface area contributed by atoms with Crippen molar-refractivity contribution in [1.29, 1.82) is 0 Å². The van der Waals surface area contributed by atoms with E-state index in [9.17, 15) is 9.18 Å². The zero-order chi connectivity index (χ0) is 13.8. The zero-order valence-corrected chi connectivity index (χ0v) is 11.4. The molecule has 1 fully saturated rings. The maximum Gasteiger partial charge on any atom is 0.166 e. The molecule has 1 aliphatic carbocycles. The number of ether oxygens (including phenoxy) is 1. The van der Waals surface area contributed by atoms with Crippen molar-refractivity contribution in [3.8, 4) is 5.75 Å². The molecule has 2 rings (SSSR count). The van der Waals surface area contributed by atoms with Crippen molar-refractivity contribution in [3.63, 3.8) is 0 Å². The van der Waals surface area contributed by atoms with Crippen molar-refractivity contribution in [3.05, 3.63) is 29.6 Å². The summed E-state index contributed by atoms with van der Waals surface area (Å²) in [6.07, 6.45) is 3.76. The summed E-state index contributed by atoms with van der Waals surface area (Å²) in [5, 5.41) is 3.24. The minimum atomic E-state index is -0.475. The van der Waals surface area contributed by atoms with Crippen LogP contribution in [0.4, 0.5) is 4.39 Å². The van der Waals surface area contributed by atoms with Crippen molar-refractivity contribution in [1.82, 2.24) is 5.32 Å². The van der Waals surface area contributed by atoms with Crippen molar-refractivity contribution < 1.29 is 13.9 Å². The Kier molecular flexibility index (Phi) is 4.53. The molecule has 0 aromatic heterocycles. The van der Waals surface area contributed by atoms with Gasteiger partial charge in [-0.3, -0.25) is 4.79 Å². The Morgan fingerprint density at radius 2 is 2.00 bits per heavy atom. The fourth-order valence-electron chi connectivity index (χ4n) is 2.70. The normalized spacial score (nSPS) is 23.1. The quantitative estimate of drug-likeness (QED) is 0.851. The van der Waals surface area contributed by atoms with Gasteiger partial charge in [0, 0.05) is 17.5 Å². The van der Waals surface area contributed by atoms with Gasteiger partial charge in [0.25, 0.3) is 0 Å². The van der Waals surface area contributed by atoms with Crippen molar-refractivity contribution in [2.75, 3.05) is 14.2 Å². The van der Waals surface area contributed by atoms with Crippen molar-refractivity contribution in [2.45, 2.75) is 31.7 Å². The SMILES string of the molecule is CNC1CCC(C(=O)c2ccc(OC)c(F)c2)CC1. The molecule has 3 nitrogen and oxygen atoms in total. The Balaban J connectivity index is 2.06. The van der Waals surface area contributed by atoms with E-state index in [4.69, 9.17) is 4.74 Å². The number of carbonyl (C=O) groups is 1. The van der Waals surface area contributed by atoms with Gasteiger partial charge in [0.05, 0.1) is 7.11 Å². The van der Waals surface area contributed by atoms with Gasteiger partial charge in [0.2, 0.25) is 0 Å². The molecule has 0 radical (unpaired) electrons. The summed E-state index contributed by atoms with van der Waals surface area (Å²) >= 11 is 0. The second-order valence-electron chi connectivity index (χ2n) is 5.05. The Hall–Kier alpha value is -1.42. The summed E-state index contributed by atoms with van der Waals surface area (Å²) in [4.78, 5) is 12.3. The highest BCUT2D eigenvalue weighted by Gasteiger charge is 2.26. The van der Waals surface area contributed by atoms with E-state index < -0.39 is 5.82 Å². The van der Waals surface area contributed by atoms with Gasteiger partial charge in [0.15, 0.2) is 17.3 Å². The van der Waals surface area contributed by atoms with Crippen LogP contribution in [0, 0.1) is 11.7 Å². The van der Waals surface area contributed by atoms with E-state index in [0.717, 1.165) is 25.7 Å². The summed E-state index contributed by atoms with van der Waals surface area (Å²) in [5.74, 6) is -0.221. The van der Waals surface area contributed by atoms with Gasteiger partial charge in [-0.05, 0) is 50.9 Å². The predicted octanol–water partition coefficient (Wildman–Crippen LogP) is 2.80. The van der Waals surface area contributed by atoms with E-state index in [0.29, 0.717) is 11.6 Å². The lowest BCUT2D eigenvalue weighted by molar-refractivity contribution is 0.0880. The lowest BCUT2D eigenvalue weighted by Crippen LogP contribution is -2.32. The maximum atomic E-state index is 13.6. The molecular weight excluding hydrogens is 245 g/mol. The number of halogens is 1. The molecule has 0 bridgehead atoms. The largest absolute Gasteiger partial charge is 0.494 e. The van der Waals surface area contributed by atoms with E-state index >= 15 is 0 Å². The molecule has 0 spiro atoms. The molecule has 104 valence electrons. The maximum absolute atomic E-state index is 13.6. The molecule has 4 heteroatoms. The van der Waals surface area contributed by atoms with E-state index in [1.165, 1.54) is 19.2 Å². The molecule has 0 unspecified atom stereocenters. The summed E-state index contributed by atoms with van der Waals surface area (Å²) in [6.45, 7) is 0. The van der Waals surface area contributed by atoms with E-state index in [2.05, 4.69) is 5.32 Å². The number of Topliss-reactive ketones (excluding diaryl/α,β-unsaturated/α-hetero) is 1. The van der Waals surface area contributed by atoms with Crippen LogP contribution < -0.4 is 10.1 Å². The highest BCUT2D eigenvalue weighted by molar-refractivity contribution is 5.98. The molecule has 0 atom stereocenters. The van der Waals surface area contributed by atoms with Crippen LogP contribution in [-0.2, 0) is 0 Å². The molecule has 0 aliphatic heterocycles. The van der Waals surface area contributed by atoms with Crippen LogP contribution >= 0.6 is 0 Å². The number of hydrogen-bond donors (Lipinski definition) is 1. The van der Waals surface area contributed by atoms with Gasteiger partial charge < -0.3 is 10.1 Å². The number of methoxy groups -OCH3 is 1. The lowest BCUT2D eigenvalue weighted by atomic mass is 9.81. The number of benzene rings is 1. The smallest absolute Gasteiger partial charge is 0.166 e. The van der Waals surface area contributed by atoms with Gasteiger partial charge >= 0.3 is 0 Å². The van der Waals surface area contributed by atoms with Crippen LogP contribution in [0.1, 0.15) is 36.0 Å². The number of hydrogen-bond acceptors (Lipinski definition) is 3. The highest BCUT2D eigenvalue weighted by atomic mass is 19.1. The second-order valence-corrected chi connectivity index (χ2v) is 5.05. The van der Waals surface area contributed by atoms with Gasteiger partial charge in [-0.1, -0.05) is 0 Å². The van der Waals surface area contributed by atoms with Crippen LogP contribution in [0.5, 0.6) is 5.75 Å². The number of ketones is 1. The summed E-state index contributed by atoms with van der Waals surface area (Å²) in [6, 6.07) is 4.96. The van der Waals surface area contributed by atoms with Crippen LogP contribution in [0.25, 0.3) is 0 Å². The zero-order valence-electron chi connectivity index (χ0n) is 11.4. The Morgan fingerprint density at radius 1 is 1.32 bits per heavy atom. The van der Waals surface area contributed by atoms with Gasteiger partial charge in [-0.2, -0.15) is 0 Å². The fraction of sp³-hybridized carbons (Fsp3) is 0.533. The number of carbonyl (C=O) groups excluding carboxylic acids is 1. The summed E-state index contributed by atoms with van der Waals surface area (Å²) in [7, 11) is 3.37. The topological polar surface area (TPSA) is 38.3 Å². The number of nitrogens with one attached hydrogen (secondary N) is 1. The fourth-order valence-corrected chi connectivity index (χ4v) is 2.70. The first-order valence-electron chi connectivity index (χ1n) is 6.70. The Morgan fingerprint density at radius 3 is 2.53 bits per heavy atom. The van der Waals surface area contributed by atoms with E-state index in [-0.39, 0.29) is 17.5 Å². The Bertz CT molecular complexity index is 453. The molecule has 19 heavy (non-hydrogen) atoms. The minimum absolute atomic E-state index is 0.0254. The van der Waals surface area contributed by atoms with Gasteiger partial charge in [-0.25, -0.2) is 4.39 Å². The lowest BCUT2D eigenvalue weighted by Gasteiger charge is -2.27. The third-order valence-corrected chi connectivity index (χ3v) is 3.94. The first-order valence-corrected chi connectivity index (χ1v) is 6.70. The summed E-state index contributed by atoms with van der Waals surface area (Å²) < 4.78 is 18.5. The number of rotatable bonds is 4. The third-order valence-electron chi connectivity index (χ3n) is 3.94. The average Bonchev–Trinajstić information content (AvgIpc) is 2.46. The molecule has 1 aromatic carbocycles. The molecule has 0 saturated heterocycles. The monoisotopic (exact) mass is 265 g/mol. The average molecular weight is 265 g/mol. The molecule has 0 amide bonds. The highest BCUT2D eigenvalue weighted by Crippen LogP contribution is 2.28. The molecule has 1 aromatic rings. The molecule has 0 heterocycles. The first-order chi connectivity index (χ1) is 9.15. The first kappa shape index (κ1) is 14.0. The van der Waals surface area contributed by atoms with Gasteiger partial charge in [0.1, 0.15) is 0 Å². The van der Waals surface area contributed by atoms with Crippen LogP contribution in [-0.4, -0.2) is 26.0 Å². The van der Waals surface area contributed by atoms with Crippen molar-refractivity contribution in [2.24, 2.45) is 5.92 Å². The van der Waals surface area contributed by atoms with Crippen LogP contribution in [0.2, 0.25) is 0 Å². The second kappa shape index (κ2) is 6.15. The van der Waals surface area contributed by atoms with E-state index in [1.54, 1.807) is 6.07 Å². The summed E-state index contributed by atoms with van der Waals surface area (Å²) in [5.41, 5.74) is 0.450. The third kappa shape index (κ3) is 3.13. The predicted molar refractivity (Wildman–Crippen MR) is 72.1 cm³/mol. The molecule has 1 aliphatic rings. The van der Waals surface area contributed by atoms with Gasteiger partial charge in [-0.15, -0.1) is 0 Å². The molecule has 1 N–H and O–H groups in total. The van der Waals surface area contributed by atoms with Crippen LogP contribution in [0.3, 0.4) is 0 Å². The standard InChI is InChI=1S/C15H20FNO2/c1-17-12-6-3-10(4-7-12)15(18)11-5-8-14(19-2)13(16)9-11/h5,8-10,12,17H,3-4,6-7H2,1-2H3. The minimum Gasteiger partial charge on any atom is -0.494 e. The van der Waals surface area contributed by atoms with E-state index in [1.807, 2.05) is 7.05 Å². The molecular formula is C15H20FNO2. The van der Waals surface area contributed by atoms with Crippen molar-refractivity contribution >= 4 is 5.78 Å². The molecule has 1 saturated carbocycles. The van der Waals surface area contributed by atoms with Crippen LogP contribution in [0.15, 0.2) is 18.2 Å². The Labute approximate surface area is 113 Å².